The summed E-state index contributed by atoms with van der Waals surface area (Å²) in [6, 6.07) is 14.6. The van der Waals surface area contributed by atoms with Gasteiger partial charge in [0, 0.05) is 22.9 Å². The lowest BCUT2D eigenvalue weighted by Gasteiger charge is -2.15. The van der Waals surface area contributed by atoms with Crippen molar-refractivity contribution in [1.29, 1.82) is 0 Å². The molecule has 0 aliphatic carbocycles. The zero-order valence-electron chi connectivity index (χ0n) is 19.4. The number of methoxy groups -OCH3 is 3. The van der Waals surface area contributed by atoms with E-state index in [1.54, 1.807) is 57.7 Å². The summed E-state index contributed by atoms with van der Waals surface area (Å²) in [6.07, 6.45) is 0. The molecule has 3 aromatic rings. The Morgan fingerprint density at radius 2 is 1.47 bits per heavy atom. The standard InChI is InChI=1S/C26H29NO5/c1-16-11-17(2)18(3)24(12-16)32-15-20-13-19(7-9-22(20)29-4)26(28)27-21-8-10-23(30-5)25(14-21)31-6/h7-14H,15H2,1-6H3,(H,27,28). The lowest BCUT2D eigenvalue weighted by atomic mass is 10.1. The number of hydrogen-bond donors (Lipinski definition) is 1. The molecule has 0 aromatic heterocycles. The summed E-state index contributed by atoms with van der Waals surface area (Å²) in [5.41, 5.74) is 5.29. The summed E-state index contributed by atoms with van der Waals surface area (Å²) >= 11 is 0. The average Bonchev–Trinajstić information content (AvgIpc) is 2.80. The van der Waals surface area contributed by atoms with Gasteiger partial charge in [-0.3, -0.25) is 4.79 Å². The number of rotatable bonds is 8. The van der Waals surface area contributed by atoms with E-state index in [2.05, 4.69) is 18.3 Å². The van der Waals surface area contributed by atoms with Crippen molar-refractivity contribution in [2.75, 3.05) is 26.6 Å². The molecule has 0 radical (unpaired) electrons. The molecule has 0 aliphatic rings. The fraction of sp³-hybridized carbons (Fsp3) is 0.269. The van der Waals surface area contributed by atoms with Crippen molar-refractivity contribution in [3.63, 3.8) is 0 Å². The lowest BCUT2D eigenvalue weighted by Crippen LogP contribution is -2.13. The molecule has 1 amide bonds. The summed E-state index contributed by atoms with van der Waals surface area (Å²) in [5.74, 6) is 2.37. The van der Waals surface area contributed by atoms with Gasteiger partial charge in [-0.15, -0.1) is 0 Å². The topological polar surface area (TPSA) is 66.0 Å². The first-order chi connectivity index (χ1) is 15.4. The van der Waals surface area contributed by atoms with Gasteiger partial charge in [0.1, 0.15) is 18.1 Å². The van der Waals surface area contributed by atoms with E-state index < -0.39 is 0 Å². The Bertz CT molecular complexity index is 1120. The predicted molar refractivity (Wildman–Crippen MR) is 125 cm³/mol. The number of nitrogens with one attached hydrogen (secondary N) is 1. The second-order valence-electron chi connectivity index (χ2n) is 7.54. The number of aryl methyl sites for hydroxylation is 2. The Morgan fingerprint density at radius 1 is 0.781 bits per heavy atom. The van der Waals surface area contributed by atoms with Gasteiger partial charge in [-0.25, -0.2) is 0 Å². The molecule has 3 aromatic carbocycles. The Morgan fingerprint density at radius 3 is 2.16 bits per heavy atom. The van der Waals surface area contributed by atoms with Gasteiger partial charge >= 0.3 is 0 Å². The molecule has 168 valence electrons. The first-order valence-electron chi connectivity index (χ1n) is 10.3. The molecular formula is C26H29NO5. The fourth-order valence-corrected chi connectivity index (χ4v) is 3.46. The van der Waals surface area contributed by atoms with Gasteiger partial charge in [0.15, 0.2) is 11.5 Å². The lowest BCUT2D eigenvalue weighted by molar-refractivity contribution is 0.102. The first-order valence-corrected chi connectivity index (χ1v) is 10.3. The van der Waals surface area contributed by atoms with Crippen LogP contribution in [0.5, 0.6) is 23.0 Å². The van der Waals surface area contributed by atoms with Crippen molar-refractivity contribution in [3.8, 4) is 23.0 Å². The van der Waals surface area contributed by atoms with E-state index in [4.69, 9.17) is 18.9 Å². The maximum Gasteiger partial charge on any atom is 0.255 e. The van der Waals surface area contributed by atoms with E-state index >= 15 is 0 Å². The molecule has 0 spiro atoms. The van der Waals surface area contributed by atoms with Crippen LogP contribution >= 0.6 is 0 Å². The molecule has 0 saturated heterocycles. The van der Waals surface area contributed by atoms with Gasteiger partial charge in [0.2, 0.25) is 0 Å². The van der Waals surface area contributed by atoms with Crippen LogP contribution in [0.1, 0.15) is 32.6 Å². The molecule has 6 heteroatoms. The van der Waals surface area contributed by atoms with Crippen molar-refractivity contribution in [2.24, 2.45) is 0 Å². The van der Waals surface area contributed by atoms with Gasteiger partial charge in [0.25, 0.3) is 5.91 Å². The summed E-state index contributed by atoms with van der Waals surface area (Å²) in [7, 11) is 4.72. The molecule has 0 bridgehead atoms. The fourth-order valence-electron chi connectivity index (χ4n) is 3.46. The van der Waals surface area contributed by atoms with Crippen LogP contribution < -0.4 is 24.3 Å². The SMILES string of the molecule is COc1ccc(C(=O)Nc2ccc(OC)c(OC)c2)cc1COc1cc(C)cc(C)c1C. The zero-order chi connectivity index (χ0) is 23.3. The summed E-state index contributed by atoms with van der Waals surface area (Å²) in [4.78, 5) is 12.9. The van der Waals surface area contributed by atoms with Gasteiger partial charge < -0.3 is 24.3 Å². The van der Waals surface area contributed by atoms with Crippen LogP contribution in [0.15, 0.2) is 48.5 Å². The molecule has 0 aliphatic heterocycles. The highest BCUT2D eigenvalue weighted by Crippen LogP contribution is 2.30. The molecule has 0 saturated carbocycles. The average molecular weight is 436 g/mol. The van der Waals surface area contributed by atoms with Crippen molar-refractivity contribution < 1.29 is 23.7 Å². The van der Waals surface area contributed by atoms with Crippen LogP contribution in [0, 0.1) is 20.8 Å². The number of anilines is 1. The van der Waals surface area contributed by atoms with Gasteiger partial charge in [0.05, 0.1) is 21.3 Å². The van der Waals surface area contributed by atoms with Crippen LogP contribution in [0.3, 0.4) is 0 Å². The molecule has 32 heavy (non-hydrogen) atoms. The second kappa shape index (κ2) is 10.1. The highest BCUT2D eigenvalue weighted by atomic mass is 16.5. The summed E-state index contributed by atoms with van der Waals surface area (Å²) in [5, 5.41) is 2.89. The van der Waals surface area contributed by atoms with E-state index in [0.29, 0.717) is 28.5 Å². The van der Waals surface area contributed by atoms with E-state index in [9.17, 15) is 4.79 Å². The number of hydrogen-bond acceptors (Lipinski definition) is 5. The van der Waals surface area contributed by atoms with Gasteiger partial charge in [-0.05, 0) is 73.9 Å². The number of benzene rings is 3. The molecule has 3 rings (SSSR count). The number of amides is 1. The predicted octanol–water partition coefficient (Wildman–Crippen LogP) is 5.47. The van der Waals surface area contributed by atoms with Crippen LogP contribution in [-0.2, 0) is 6.61 Å². The Kier molecular flexibility index (Phi) is 7.25. The summed E-state index contributed by atoms with van der Waals surface area (Å²) < 4.78 is 22.1. The van der Waals surface area contributed by atoms with E-state index in [-0.39, 0.29) is 12.5 Å². The number of carbonyl (C=O) groups excluding carboxylic acids is 1. The van der Waals surface area contributed by atoms with Crippen LogP contribution in [0.25, 0.3) is 0 Å². The third-order valence-electron chi connectivity index (χ3n) is 5.33. The Balaban J connectivity index is 1.80. The normalized spacial score (nSPS) is 10.4. The van der Waals surface area contributed by atoms with Crippen molar-refractivity contribution in [1.82, 2.24) is 0 Å². The Hall–Kier alpha value is -3.67. The number of ether oxygens (including phenoxy) is 4. The van der Waals surface area contributed by atoms with Crippen molar-refractivity contribution in [3.05, 3.63) is 76.3 Å². The van der Waals surface area contributed by atoms with Crippen molar-refractivity contribution in [2.45, 2.75) is 27.4 Å². The molecule has 0 fully saturated rings. The maximum absolute atomic E-state index is 12.9. The first kappa shape index (κ1) is 23.0. The highest BCUT2D eigenvalue weighted by Gasteiger charge is 2.14. The molecule has 0 atom stereocenters. The monoisotopic (exact) mass is 435 g/mol. The van der Waals surface area contributed by atoms with E-state index in [1.165, 1.54) is 5.56 Å². The third-order valence-corrected chi connectivity index (χ3v) is 5.33. The summed E-state index contributed by atoms with van der Waals surface area (Å²) in [6.45, 7) is 6.42. The van der Waals surface area contributed by atoms with E-state index in [1.807, 2.05) is 19.9 Å². The van der Waals surface area contributed by atoms with Crippen LogP contribution in [0.2, 0.25) is 0 Å². The quantitative estimate of drug-likeness (QED) is 0.508. The van der Waals surface area contributed by atoms with Crippen LogP contribution in [0.4, 0.5) is 5.69 Å². The molecule has 6 nitrogen and oxygen atoms in total. The second-order valence-corrected chi connectivity index (χ2v) is 7.54. The molecule has 0 unspecified atom stereocenters. The minimum atomic E-state index is -0.247. The largest absolute Gasteiger partial charge is 0.496 e. The Labute approximate surface area is 189 Å². The molecule has 0 heterocycles. The molecule has 1 N–H and O–H groups in total. The zero-order valence-corrected chi connectivity index (χ0v) is 19.4. The maximum atomic E-state index is 12.9. The third kappa shape index (κ3) is 5.14. The van der Waals surface area contributed by atoms with E-state index in [0.717, 1.165) is 22.4 Å². The van der Waals surface area contributed by atoms with Gasteiger partial charge in [-0.1, -0.05) is 6.07 Å². The highest BCUT2D eigenvalue weighted by molar-refractivity contribution is 6.04. The molecular weight excluding hydrogens is 406 g/mol. The van der Waals surface area contributed by atoms with Gasteiger partial charge in [-0.2, -0.15) is 0 Å². The smallest absolute Gasteiger partial charge is 0.255 e. The van der Waals surface area contributed by atoms with Crippen molar-refractivity contribution >= 4 is 11.6 Å². The minimum Gasteiger partial charge on any atom is -0.496 e. The van der Waals surface area contributed by atoms with Crippen LogP contribution in [-0.4, -0.2) is 27.2 Å². The minimum absolute atomic E-state index is 0.247. The number of carbonyl (C=O) groups is 1.